The summed E-state index contributed by atoms with van der Waals surface area (Å²) in [6, 6.07) is 6.77. The van der Waals surface area contributed by atoms with Gasteiger partial charge in [-0.15, -0.1) is 0 Å². The molecule has 0 N–H and O–H groups in total. The lowest BCUT2D eigenvalue weighted by molar-refractivity contribution is 0.748. The Kier molecular flexibility index (Phi) is 6.17. The van der Waals surface area contributed by atoms with Gasteiger partial charge in [-0.3, -0.25) is 0 Å². The highest BCUT2D eigenvalue weighted by atomic mass is 32.1. The summed E-state index contributed by atoms with van der Waals surface area (Å²) >= 11 is 0. The molecule has 1 aromatic carbocycles. The minimum absolute atomic E-state index is 0. The van der Waals surface area contributed by atoms with Gasteiger partial charge in [0.05, 0.1) is 0 Å². The second-order valence-corrected chi connectivity index (χ2v) is 5.31. The van der Waals surface area contributed by atoms with Crippen LogP contribution in [0.25, 0.3) is 0 Å². The standard InChI is InChI=1S/C15H24.H2S/c1-10(2)13-8-7-9-14(11(3)4)15(13)12(5)6;/h7-12H,1-6H3;1H2. The van der Waals surface area contributed by atoms with E-state index in [1.807, 2.05) is 0 Å². The first kappa shape index (κ1) is 15.6. The van der Waals surface area contributed by atoms with Crippen LogP contribution in [0.3, 0.4) is 0 Å². The first-order chi connectivity index (χ1) is 6.95. The Morgan fingerprint density at radius 3 is 1.31 bits per heavy atom. The van der Waals surface area contributed by atoms with E-state index in [9.17, 15) is 0 Å². The van der Waals surface area contributed by atoms with E-state index in [0.29, 0.717) is 17.8 Å². The van der Waals surface area contributed by atoms with Gasteiger partial charge in [-0.05, 0) is 34.4 Å². The molecular formula is C15H26S. The van der Waals surface area contributed by atoms with Crippen LogP contribution in [0.1, 0.15) is 76.0 Å². The van der Waals surface area contributed by atoms with Crippen molar-refractivity contribution in [2.24, 2.45) is 0 Å². The average molecular weight is 238 g/mol. The molecule has 0 amide bonds. The molecule has 0 aliphatic heterocycles. The molecule has 0 unspecified atom stereocenters. The lowest BCUT2D eigenvalue weighted by atomic mass is 9.83. The van der Waals surface area contributed by atoms with Crippen molar-refractivity contribution in [1.29, 1.82) is 0 Å². The van der Waals surface area contributed by atoms with Crippen LogP contribution in [0, 0.1) is 0 Å². The van der Waals surface area contributed by atoms with Crippen LogP contribution in [0.5, 0.6) is 0 Å². The van der Waals surface area contributed by atoms with Gasteiger partial charge < -0.3 is 0 Å². The molecule has 0 spiro atoms. The highest BCUT2D eigenvalue weighted by Crippen LogP contribution is 2.32. The molecule has 0 aromatic heterocycles. The fraction of sp³-hybridized carbons (Fsp3) is 0.600. The number of rotatable bonds is 3. The topological polar surface area (TPSA) is 0 Å². The third-order valence-corrected chi connectivity index (χ3v) is 2.99. The van der Waals surface area contributed by atoms with Gasteiger partial charge in [-0.1, -0.05) is 59.7 Å². The van der Waals surface area contributed by atoms with Gasteiger partial charge in [0.1, 0.15) is 0 Å². The van der Waals surface area contributed by atoms with Crippen molar-refractivity contribution in [1.82, 2.24) is 0 Å². The van der Waals surface area contributed by atoms with E-state index in [-0.39, 0.29) is 13.5 Å². The predicted molar refractivity (Wildman–Crippen MR) is 79.1 cm³/mol. The van der Waals surface area contributed by atoms with Gasteiger partial charge >= 0.3 is 0 Å². The van der Waals surface area contributed by atoms with Crippen LogP contribution < -0.4 is 0 Å². The van der Waals surface area contributed by atoms with E-state index >= 15 is 0 Å². The second kappa shape index (κ2) is 6.34. The molecule has 0 bridgehead atoms. The van der Waals surface area contributed by atoms with Crippen LogP contribution in [0.15, 0.2) is 18.2 Å². The Bertz CT molecular complexity index is 298. The first-order valence-corrected chi connectivity index (χ1v) is 6.07. The first-order valence-electron chi connectivity index (χ1n) is 6.07. The van der Waals surface area contributed by atoms with Gasteiger partial charge in [0.25, 0.3) is 0 Å². The van der Waals surface area contributed by atoms with E-state index < -0.39 is 0 Å². The maximum Gasteiger partial charge on any atom is -0.0213 e. The fourth-order valence-corrected chi connectivity index (χ4v) is 2.28. The molecule has 1 rings (SSSR count). The summed E-state index contributed by atoms with van der Waals surface area (Å²) < 4.78 is 0. The van der Waals surface area contributed by atoms with Crippen LogP contribution >= 0.6 is 13.5 Å². The molecule has 0 fully saturated rings. The maximum atomic E-state index is 2.30. The summed E-state index contributed by atoms with van der Waals surface area (Å²) in [7, 11) is 0. The molecule has 1 heteroatoms. The van der Waals surface area contributed by atoms with Crippen molar-refractivity contribution >= 4 is 13.5 Å². The number of hydrogen-bond donors (Lipinski definition) is 0. The maximum absolute atomic E-state index is 2.30. The van der Waals surface area contributed by atoms with Gasteiger partial charge in [0, 0.05) is 0 Å². The fourth-order valence-electron chi connectivity index (χ4n) is 2.28. The van der Waals surface area contributed by atoms with Crippen molar-refractivity contribution < 1.29 is 0 Å². The number of benzene rings is 1. The monoisotopic (exact) mass is 238 g/mol. The zero-order valence-corrected chi connectivity index (χ0v) is 12.5. The minimum Gasteiger partial charge on any atom is -0.197 e. The van der Waals surface area contributed by atoms with Crippen molar-refractivity contribution in [2.75, 3.05) is 0 Å². The molecule has 0 nitrogen and oxygen atoms in total. The zero-order valence-electron chi connectivity index (χ0n) is 11.5. The third-order valence-electron chi connectivity index (χ3n) is 2.99. The van der Waals surface area contributed by atoms with E-state index in [2.05, 4.69) is 59.7 Å². The molecular weight excluding hydrogens is 212 g/mol. The van der Waals surface area contributed by atoms with Gasteiger partial charge in [0.2, 0.25) is 0 Å². The molecule has 0 saturated heterocycles. The normalized spacial score (nSPS) is 11.1. The molecule has 16 heavy (non-hydrogen) atoms. The Morgan fingerprint density at radius 1 is 0.688 bits per heavy atom. The van der Waals surface area contributed by atoms with Crippen LogP contribution in [0.4, 0.5) is 0 Å². The zero-order chi connectivity index (χ0) is 11.6. The van der Waals surface area contributed by atoms with Gasteiger partial charge in [-0.2, -0.15) is 13.5 Å². The van der Waals surface area contributed by atoms with Gasteiger partial charge in [0.15, 0.2) is 0 Å². The molecule has 0 radical (unpaired) electrons. The summed E-state index contributed by atoms with van der Waals surface area (Å²) in [6.45, 7) is 13.7. The smallest absolute Gasteiger partial charge is 0.0213 e. The third kappa shape index (κ3) is 3.28. The minimum atomic E-state index is 0. The van der Waals surface area contributed by atoms with E-state index in [0.717, 1.165) is 0 Å². The van der Waals surface area contributed by atoms with Crippen molar-refractivity contribution in [2.45, 2.75) is 59.3 Å². The second-order valence-electron chi connectivity index (χ2n) is 5.31. The molecule has 0 atom stereocenters. The summed E-state index contributed by atoms with van der Waals surface area (Å²) in [5.74, 6) is 1.88. The largest absolute Gasteiger partial charge is 0.197 e. The van der Waals surface area contributed by atoms with Crippen molar-refractivity contribution in [3.05, 3.63) is 34.9 Å². The summed E-state index contributed by atoms with van der Waals surface area (Å²) in [4.78, 5) is 0. The SMILES string of the molecule is CC(C)c1cccc(C(C)C)c1C(C)C.S. The van der Waals surface area contributed by atoms with E-state index in [1.165, 1.54) is 11.1 Å². The molecule has 0 aliphatic rings. The van der Waals surface area contributed by atoms with Crippen LogP contribution in [0.2, 0.25) is 0 Å². The Hall–Kier alpha value is -0.430. The van der Waals surface area contributed by atoms with E-state index in [1.54, 1.807) is 5.56 Å². The highest BCUT2D eigenvalue weighted by molar-refractivity contribution is 7.59. The quantitative estimate of drug-likeness (QED) is 0.681. The van der Waals surface area contributed by atoms with Gasteiger partial charge in [-0.25, -0.2) is 0 Å². The molecule has 0 aliphatic carbocycles. The summed E-state index contributed by atoms with van der Waals surface area (Å²) in [5, 5.41) is 0. The molecule has 0 saturated carbocycles. The number of hydrogen-bond acceptors (Lipinski definition) is 0. The predicted octanol–water partition coefficient (Wildman–Crippen LogP) is 5.17. The Morgan fingerprint density at radius 2 is 1.06 bits per heavy atom. The van der Waals surface area contributed by atoms with Crippen LogP contribution in [-0.4, -0.2) is 0 Å². The average Bonchev–Trinajstić information content (AvgIpc) is 2.16. The Labute approximate surface area is 108 Å². The van der Waals surface area contributed by atoms with Crippen LogP contribution in [-0.2, 0) is 0 Å². The Balaban J connectivity index is 0.00000225. The molecule has 1 aromatic rings. The lowest BCUT2D eigenvalue weighted by Crippen LogP contribution is -2.04. The van der Waals surface area contributed by atoms with Crippen molar-refractivity contribution in [3.63, 3.8) is 0 Å². The highest BCUT2D eigenvalue weighted by Gasteiger charge is 2.15. The summed E-state index contributed by atoms with van der Waals surface area (Å²) in [6.07, 6.45) is 0. The van der Waals surface area contributed by atoms with E-state index in [4.69, 9.17) is 0 Å². The lowest BCUT2D eigenvalue weighted by Gasteiger charge is -2.22. The molecule has 92 valence electrons. The summed E-state index contributed by atoms with van der Waals surface area (Å²) in [5.41, 5.74) is 4.62. The molecule has 0 heterocycles. The van der Waals surface area contributed by atoms with Crippen molar-refractivity contribution in [3.8, 4) is 0 Å².